The molecule has 1 fully saturated rings. The summed E-state index contributed by atoms with van der Waals surface area (Å²) >= 11 is 6.51. The average Bonchev–Trinajstić information content (AvgIpc) is 2.78. The molecule has 1 aromatic carbocycles. The molecule has 4 nitrogen and oxygen atoms in total. The number of halogens is 1. The van der Waals surface area contributed by atoms with E-state index in [9.17, 15) is 4.79 Å². The third-order valence-corrected chi connectivity index (χ3v) is 4.08. The van der Waals surface area contributed by atoms with Gasteiger partial charge in [-0.05, 0) is 30.5 Å². The van der Waals surface area contributed by atoms with Crippen molar-refractivity contribution in [2.75, 3.05) is 13.2 Å². The second-order valence-electron chi connectivity index (χ2n) is 4.76. The van der Waals surface area contributed by atoms with Gasteiger partial charge < -0.3 is 14.7 Å². The zero-order valence-corrected chi connectivity index (χ0v) is 10.7. The number of nitrogens with one attached hydrogen (secondary N) is 2. The van der Waals surface area contributed by atoms with E-state index in [1.54, 1.807) is 0 Å². The van der Waals surface area contributed by atoms with E-state index in [4.69, 9.17) is 16.3 Å². The Morgan fingerprint density at radius 3 is 2.94 bits per heavy atom. The Morgan fingerprint density at radius 2 is 2.17 bits per heavy atom. The molecule has 0 amide bonds. The first-order chi connectivity index (χ1) is 8.74. The van der Waals surface area contributed by atoms with Gasteiger partial charge in [-0.15, -0.1) is 11.6 Å². The maximum absolute atomic E-state index is 11.2. The van der Waals surface area contributed by atoms with E-state index in [2.05, 4.69) is 9.97 Å². The van der Waals surface area contributed by atoms with Gasteiger partial charge in [-0.3, -0.25) is 0 Å². The number of hydrogen-bond donors (Lipinski definition) is 2. The van der Waals surface area contributed by atoms with Crippen LogP contribution in [0.1, 0.15) is 23.8 Å². The highest BCUT2D eigenvalue weighted by Gasteiger charge is 2.24. The number of aromatic nitrogens is 2. The number of imidazole rings is 1. The number of benzene rings is 1. The van der Waals surface area contributed by atoms with E-state index < -0.39 is 0 Å². The number of ether oxygens (including phenoxy) is 1. The lowest BCUT2D eigenvalue weighted by molar-refractivity contribution is 0.0531. The fourth-order valence-corrected chi connectivity index (χ4v) is 2.82. The van der Waals surface area contributed by atoms with Crippen molar-refractivity contribution in [2.45, 2.75) is 18.2 Å². The summed E-state index contributed by atoms with van der Waals surface area (Å²) in [5.41, 5.74) is 2.47. The van der Waals surface area contributed by atoms with Crippen LogP contribution in [-0.2, 0) is 4.74 Å². The fraction of sp³-hybridized carbons (Fsp3) is 0.462. The van der Waals surface area contributed by atoms with Gasteiger partial charge >= 0.3 is 5.69 Å². The molecular formula is C13H15ClN2O2. The van der Waals surface area contributed by atoms with E-state index >= 15 is 0 Å². The molecule has 18 heavy (non-hydrogen) atoms. The Labute approximate surface area is 109 Å². The van der Waals surface area contributed by atoms with Crippen LogP contribution in [0.4, 0.5) is 0 Å². The molecule has 1 saturated heterocycles. The summed E-state index contributed by atoms with van der Waals surface area (Å²) in [5.74, 6) is 0.350. The van der Waals surface area contributed by atoms with Crippen LogP contribution in [0.25, 0.3) is 11.0 Å². The van der Waals surface area contributed by atoms with Crippen LogP contribution >= 0.6 is 11.6 Å². The molecule has 2 unspecified atom stereocenters. The van der Waals surface area contributed by atoms with E-state index in [0.717, 1.165) is 42.7 Å². The third-order valence-electron chi connectivity index (χ3n) is 3.47. The number of hydrogen-bond acceptors (Lipinski definition) is 2. The highest BCUT2D eigenvalue weighted by molar-refractivity contribution is 6.21. The lowest BCUT2D eigenvalue weighted by atomic mass is 9.93. The van der Waals surface area contributed by atoms with Crippen molar-refractivity contribution >= 4 is 22.6 Å². The second-order valence-corrected chi connectivity index (χ2v) is 5.23. The first-order valence-corrected chi connectivity index (χ1v) is 6.61. The molecule has 2 aromatic rings. The summed E-state index contributed by atoms with van der Waals surface area (Å²) in [6.45, 7) is 1.56. The van der Waals surface area contributed by atoms with Crippen LogP contribution in [0.3, 0.4) is 0 Å². The Bertz CT molecular complexity index is 598. The lowest BCUT2D eigenvalue weighted by Crippen LogP contribution is -2.21. The summed E-state index contributed by atoms with van der Waals surface area (Å²) in [7, 11) is 0. The van der Waals surface area contributed by atoms with Crippen molar-refractivity contribution in [1.29, 1.82) is 0 Å². The van der Waals surface area contributed by atoms with Gasteiger partial charge in [0.25, 0.3) is 0 Å². The standard InChI is InChI=1S/C13H15ClN2O2/c14-12(9-2-1-5-18-7-9)8-3-4-10-11(6-8)16-13(17)15-10/h3-4,6,9,12H,1-2,5,7H2,(H2,15,16,17). The normalized spacial score (nSPS) is 22.2. The van der Waals surface area contributed by atoms with E-state index in [-0.39, 0.29) is 11.1 Å². The Hall–Kier alpha value is -1.26. The topological polar surface area (TPSA) is 57.9 Å². The molecule has 96 valence electrons. The van der Waals surface area contributed by atoms with Gasteiger partial charge in [-0.1, -0.05) is 6.07 Å². The number of rotatable bonds is 2. The molecule has 0 saturated carbocycles. The quantitative estimate of drug-likeness (QED) is 0.821. The minimum atomic E-state index is -0.186. The van der Waals surface area contributed by atoms with Gasteiger partial charge in [-0.25, -0.2) is 4.79 Å². The summed E-state index contributed by atoms with van der Waals surface area (Å²) < 4.78 is 5.47. The SMILES string of the molecule is O=c1[nH]c2ccc(C(Cl)C3CCCOC3)cc2[nH]1. The molecule has 0 spiro atoms. The molecule has 2 atom stereocenters. The van der Waals surface area contributed by atoms with Crippen molar-refractivity contribution in [3.63, 3.8) is 0 Å². The van der Waals surface area contributed by atoms with Crippen LogP contribution < -0.4 is 5.69 Å². The van der Waals surface area contributed by atoms with Crippen molar-refractivity contribution in [3.8, 4) is 0 Å². The number of alkyl halides is 1. The van der Waals surface area contributed by atoms with Gasteiger partial charge in [0.15, 0.2) is 0 Å². The van der Waals surface area contributed by atoms with Crippen molar-refractivity contribution in [3.05, 3.63) is 34.2 Å². The summed E-state index contributed by atoms with van der Waals surface area (Å²) in [4.78, 5) is 16.7. The fourth-order valence-electron chi connectivity index (χ4n) is 2.49. The molecule has 1 aromatic heterocycles. The molecule has 3 rings (SSSR count). The lowest BCUT2D eigenvalue weighted by Gasteiger charge is -2.26. The van der Waals surface area contributed by atoms with Crippen molar-refractivity contribution in [1.82, 2.24) is 9.97 Å². The monoisotopic (exact) mass is 266 g/mol. The van der Waals surface area contributed by atoms with Gasteiger partial charge in [0.1, 0.15) is 0 Å². The van der Waals surface area contributed by atoms with E-state index in [0.29, 0.717) is 5.92 Å². The zero-order chi connectivity index (χ0) is 12.5. The van der Waals surface area contributed by atoms with Crippen LogP contribution in [0.15, 0.2) is 23.0 Å². The molecule has 2 N–H and O–H groups in total. The van der Waals surface area contributed by atoms with Crippen LogP contribution in [0.5, 0.6) is 0 Å². The second kappa shape index (κ2) is 4.78. The van der Waals surface area contributed by atoms with Crippen LogP contribution in [0.2, 0.25) is 0 Å². The maximum Gasteiger partial charge on any atom is 0.323 e. The molecule has 0 radical (unpaired) electrons. The molecule has 0 bridgehead atoms. The Morgan fingerprint density at radius 1 is 1.33 bits per heavy atom. The zero-order valence-electron chi connectivity index (χ0n) is 9.91. The third kappa shape index (κ3) is 2.18. The smallest absolute Gasteiger partial charge is 0.323 e. The summed E-state index contributed by atoms with van der Waals surface area (Å²) in [5, 5.41) is -0.0619. The first-order valence-electron chi connectivity index (χ1n) is 6.18. The predicted octanol–water partition coefficient (Wildman–Crippen LogP) is 2.56. The number of fused-ring (bicyclic) bond motifs is 1. The maximum atomic E-state index is 11.2. The number of H-pyrrole nitrogens is 2. The Balaban J connectivity index is 1.90. The van der Waals surface area contributed by atoms with Gasteiger partial charge in [0, 0.05) is 12.5 Å². The van der Waals surface area contributed by atoms with E-state index in [1.807, 2.05) is 18.2 Å². The van der Waals surface area contributed by atoms with Gasteiger partial charge in [0.2, 0.25) is 0 Å². The van der Waals surface area contributed by atoms with Gasteiger partial charge in [0.05, 0.1) is 23.0 Å². The summed E-state index contributed by atoms with van der Waals surface area (Å²) in [6, 6.07) is 5.81. The minimum Gasteiger partial charge on any atom is -0.381 e. The van der Waals surface area contributed by atoms with Gasteiger partial charge in [-0.2, -0.15) is 0 Å². The Kier molecular flexibility index (Phi) is 3.14. The molecular weight excluding hydrogens is 252 g/mol. The number of aromatic amines is 2. The minimum absolute atomic E-state index is 0.0619. The van der Waals surface area contributed by atoms with Crippen LogP contribution in [0, 0.1) is 5.92 Å². The highest BCUT2D eigenvalue weighted by Crippen LogP contribution is 2.34. The average molecular weight is 267 g/mol. The molecule has 5 heteroatoms. The summed E-state index contributed by atoms with van der Waals surface area (Å²) in [6.07, 6.45) is 2.16. The van der Waals surface area contributed by atoms with Crippen molar-refractivity contribution in [2.24, 2.45) is 5.92 Å². The molecule has 2 heterocycles. The highest BCUT2D eigenvalue weighted by atomic mass is 35.5. The molecule has 0 aliphatic carbocycles. The first kappa shape index (κ1) is 11.8. The van der Waals surface area contributed by atoms with Crippen LogP contribution in [-0.4, -0.2) is 23.2 Å². The molecule has 1 aliphatic rings. The van der Waals surface area contributed by atoms with E-state index in [1.165, 1.54) is 0 Å². The molecule has 1 aliphatic heterocycles. The van der Waals surface area contributed by atoms with Crippen molar-refractivity contribution < 1.29 is 4.74 Å². The largest absolute Gasteiger partial charge is 0.381 e. The predicted molar refractivity (Wildman–Crippen MR) is 71.1 cm³/mol.